The van der Waals surface area contributed by atoms with E-state index >= 15 is 0 Å². The molecule has 0 saturated heterocycles. The molecule has 0 aliphatic carbocycles. The quantitative estimate of drug-likeness (QED) is 0.661. The number of amides is 2. The number of carbonyl (C=O) groups is 2. The van der Waals surface area contributed by atoms with Crippen LogP contribution in [0.2, 0.25) is 0 Å². The number of nitrogens with two attached hydrogens (primary N) is 1. The first kappa shape index (κ1) is 19.2. The van der Waals surface area contributed by atoms with E-state index < -0.39 is 21.8 Å². The van der Waals surface area contributed by atoms with Gasteiger partial charge in [0.25, 0.3) is 0 Å². The van der Waals surface area contributed by atoms with E-state index in [0.717, 1.165) is 0 Å². The second-order valence-electron chi connectivity index (χ2n) is 5.04. The molecule has 26 heavy (non-hydrogen) atoms. The predicted octanol–water partition coefficient (Wildman–Crippen LogP) is 0.928. The smallest absolute Gasteiger partial charge is 0.314 e. The van der Waals surface area contributed by atoms with E-state index in [1.165, 1.54) is 44.6 Å². The van der Waals surface area contributed by atoms with Gasteiger partial charge in [0, 0.05) is 11.8 Å². The molecule has 2 aromatic rings. The Bertz CT molecular complexity index is 926. The lowest BCUT2D eigenvalue weighted by molar-refractivity contribution is -0.133. The van der Waals surface area contributed by atoms with Crippen molar-refractivity contribution in [3.8, 4) is 11.5 Å². The largest absolute Gasteiger partial charge is 0.497 e. The topological polar surface area (TPSA) is 137 Å². The van der Waals surface area contributed by atoms with Crippen LogP contribution in [0.25, 0.3) is 0 Å². The number of sulfonamides is 1. The van der Waals surface area contributed by atoms with Gasteiger partial charge in [-0.25, -0.2) is 13.6 Å². The number of hydrogen-bond acceptors (Lipinski definition) is 6. The first-order valence-corrected chi connectivity index (χ1v) is 8.76. The maximum absolute atomic E-state index is 12.1. The number of rotatable bonds is 5. The van der Waals surface area contributed by atoms with Crippen LogP contribution in [0.4, 0.5) is 11.4 Å². The lowest BCUT2D eigenvalue weighted by atomic mass is 10.2. The summed E-state index contributed by atoms with van der Waals surface area (Å²) in [6.45, 7) is 0. The monoisotopic (exact) mass is 379 g/mol. The highest BCUT2D eigenvalue weighted by atomic mass is 32.2. The maximum atomic E-state index is 12.1. The molecule has 0 aromatic heterocycles. The van der Waals surface area contributed by atoms with E-state index in [1.54, 1.807) is 12.1 Å². The number of primary sulfonamides is 1. The van der Waals surface area contributed by atoms with Crippen molar-refractivity contribution >= 4 is 33.2 Å². The minimum atomic E-state index is -3.84. The highest BCUT2D eigenvalue weighted by Crippen LogP contribution is 2.28. The Morgan fingerprint density at radius 2 is 1.54 bits per heavy atom. The van der Waals surface area contributed by atoms with Crippen LogP contribution in [0.15, 0.2) is 47.4 Å². The van der Waals surface area contributed by atoms with Crippen molar-refractivity contribution in [3.05, 3.63) is 42.5 Å². The van der Waals surface area contributed by atoms with Gasteiger partial charge in [-0.05, 0) is 36.4 Å². The molecular formula is C16H17N3O6S. The van der Waals surface area contributed by atoms with Crippen LogP contribution in [0, 0.1) is 0 Å². The van der Waals surface area contributed by atoms with Gasteiger partial charge in [0.2, 0.25) is 10.0 Å². The molecule has 138 valence electrons. The third-order valence-corrected chi connectivity index (χ3v) is 4.23. The lowest BCUT2D eigenvalue weighted by Gasteiger charge is -2.12. The fourth-order valence-corrected chi connectivity index (χ4v) is 2.52. The van der Waals surface area contributed by atoms with Gasteiger partial charge >= 0.3 is 11.8 Å². The van der Waals surface area contributed by atoms with Crippen LogP contribution < -0.4 is 25.2 Å². The summed E-state index contributed by atoms with van der Waals surface area (Å²) in [5, 5.41) is 9.76. The Hall–Kier alpha value is -3.11. The maximum Gasteiger partial charge on any atom is 0.314 e. The number of ether oxygens (including phenoxy) is 2. The molecule has 2 amide bonds. The highest BCUT2D eigenvalue weighted by molar-refractivity contribution is 7.89. The van der Waals surface area contributed by atoms with E-state index in [4.69, 9.17) is 14.6 Å². The Labute approximate surface area is 150 Å². The SMILES string of the molecule is COc1ccc(OC)c(NC(=O)C(=O)Nc2ccc(S(N)(=O)=O)cc2)c1. The molecule has 0 radical (unpaired) electrons. The molecule has 0 saturated carbocycles. The Morgan fingerprint density at radius 3 is 2.08 bits per heavy atom. The molecule has 0 bridgehead atoms. The van der Waals surface area contributed by atoms with Crippen LogP contribution in [0.1, 0.15) is 0 Å². The molecule has 9 nitrogen and oxygen atoms in total. The summed E-state index contributed by atoms with van der Waals surface area (Å²) in [6, 6.07) is 9.79. The molecule has 0 aliphatic rings. The second kappa shape index (κ2) is 7.85. The second-order valence-corrected chi connectivity index (χ2v) is 6.61. The summed E-state index contributed by atoms with van der Waals surface area (Å²) in [7, 11) is -0.952. The zero-order valence-electron chi connectivity index (χ0n) is 14.0. The zero-order chi connectivity index (χ0) is 19.3. The molecule has 4 N–H and O–H groups in total. The third-order valence-electron chi connectivity index (χ3n) is 3.30. The van der Waals surface area contributed by atoms with Crippen molar-refractivity contribution in [1.82, 2.24) is 0 Å². The van der Waals surface area contributed by atoms with E-state index in [-0.39, 0.29) is 16.3 Å². The predicted molar refractivity (Wildman–Crippen MR) is 94.6 cm³/mol. The van der Waals surface area contributed by atoms with Gasteiger partial charge in [-0.3, -0.25) is 9.59 Å². The van der Waals surface area contributed by atoms with Crippen LogP contribution in [-0.4, -0.2) is 34.5 Å². The highest BCUT2D eigenvalue weighted by Gasteiger charge is 2.17. The molecule has 0 heterocycles. The van der Waals surface area contributed by atoms with Crippen molar-refractivity contribution in [1.29, 1.82) is 0 Å². The van der Waals surface area contributed by atoms with Crippen molar-refractivity contribution in [3.63, 3.8) is 0 Å². The first-order valence-electron chi connectivity index (χ1n) is 7.22. The molecule has 0 fully saturated rings. The summed E-state index contributed by atoms with van der Waals surface area (Å²) < 4.78 is 32.6. The summed E-state index contributed by atoms with van der Waals surface area (Å²) in [5.41, 5.74) is 0.492. The molecule has 0 unspecified atom stereocenters. The van der Waals surface area contributed by atoms with Crippen molar-refractivity contribution in [2.24, 2.45) is 5.14 Å². The van der Waals surface area contributed by atoms with Gasteiger partial charge in [0.15, 0.2) is 0 Å². The molecule has 0 aliphatic heterocycles. The Morgan fingerprint density at radius 1 is 0.923 bits per heavy atom. The van der Waals surface area contributed by atoms with Crippen LogP contribution in [-0.2, 0) is 19.6 Å². The number of methoxy groups -OCH3 is 2. The Balaban J connectivity index is 2.10. The molecule has 0 atom stereocenters. The van der Waals surface area contributed by atoms with Gasteiger partial charge in [-0.1, -0.05) is 0 Å². The summed E-state index contributed by atoms with van der Waals surface area (Å²) in [5.74, 6) is -1.06. The van der Waals surface area contributed by atoms with Crippen molar-refractivity contribution in [2.75, 3.05) is 24.9 Å². The normalized spacial score (nSPS) is 10.7. The van der Waals surface area contributed by atoms with E-state index in [2.05, 4.69) is 10.6 Å². The van der Waals surface area contributed by atoms with E-state index in [1.807, 2.05) is 0 Å². The lowest BCUT2D eigenvalue weighted by Crippen LogP contribution is -2.29. The average molecular weight is 379 g/mol. The summed E-state index contributed by atoms with van der Waals surface area (Å²) >= 11 is 0. The zero-order valence-corrected chi connectivity index (χ0v) is 14.8. The van der Waals surface area contributed by atoms with Crippen molar-refractivity contribution in [2.45, 2.75) is 4.90 Å². The number of hydrogen-bond donors (Lipinski definition) is 3. The van der Waals surface area contributed by atoms with Gasteiger partial charge in [0.05, 0.1) is 24.8 Å². The number of nitrogens with one attached hydrogen (secondary N) is 2. The molecule has 0 spiro atoms. The number of benzene rings is 2. The molecule has 2 rings (SSSR count). The number of carbonyl (C=O) groups excluding carboxylic acids is 2. The number of anilines is 2. The standard InChI is InChI=1S/C16H17N3O6S/c1-24-11-5-8-14(25-2)13(9-11)19-16(21)15(20)18-10-3-6-12(7-4-10)26(17,22)23/h3-9H,1-2H3,(H,18,20)(H,19,21)(H2,17,22,23). The molecule has 10 heteroatoms. The fourth-order valence-electron chi connectivity index (χ4n) is 2.01. The summed E-state index contributed by atoms with van der Waals surface area (Å²) in [6.07, 6.45) is 0. The fraction of sp³-hybridized carbons (Fsp3) is 0.125. The van der Waals surface area contributed by atoms with Gasteiger partial charge in [-0.2, -0.15) is 0 Å². The average Bonchev–Trinajstić information content (AvgIpc) is 2.61. The Kier molecular flexibility index (Phi) is 5.80. The third kappa shape index (κ3) is 4.71. The molecule has 2 aromatic carbocycles. The minimum absolute atomic E-state index is 0.110. The van der Waals surface area contributed by atoms with Gasteiger partial charge in [-0.15, -0.1) is 0 Å². The van der Waals surface area contributed by atoms with Gasteiger partial charge < -0.3 is 20.1 Å². The van der Waals surface area contributed by atoms with Gasteiger partial charge in [0.1, 0.15) is 11.5 Å². The summed E-state index contributed by atoms with van der Waals surface area (Å²) in [4.78, 5) is 24.0. The minimum Gasteiger partial charge on any atom is -0.497 e. The first-order chi connectivity index (χ1) is 12.2. The molecular weight excluding hydrogens is 362 g/mol. The van der Waals surface area contributed by atoms with E-state index in [9.17, 15) is 18.0 Å². The van der Waals surface area contributed by atoms with Crippen LogP contribution in [0.3, 0.4) is 0 Å². The van der Waals surface area contributed by atoms with Crippen LogP contribution >= 0.6 is 0 Å². The van der Waals surface area contributed by atoms with Crippen molar-refractivity contribution < 1.29 is 27.5 Å². The van der Waals surface area contributed by atoms with E-state index in [0.29, 0.717) is 11.5 Å². The van der Waals surface area contributed by atoms with Crippen LogP contribution in [0.5, 0.6) is 11.5 Å².